The number of carboxylic acids is 1. The molecule has 0 fully saturated rings. The summed E-state index contributed by atoms with van der Waals surface area (Å²) < 4.78 is 245. The van der Waals surface area contributed by atoms with Crippen LogP contribution < -0.4 is 51.4 Å². The molecule has 0 saturated heterocycles. The smallest absolute Gasteiger partial charge is 1.00 e. The second-order valence-corrected chi connectivity index (χ2v) is 8.27. The van der Waals surface area contributed by atoms with Gasteiger partial charge in [-0.05, 0) is 0 Å². The Morgan fingerprint density at radius 2 is 0.944 bits per heavy atom. The molecule has 0 atom stereocenters. The second kappa shape index (κ2) is 10.4. The van der Waals surface area contributed by atoms with Crippen LogP contribution in [0.5, 0.6) is 0 Å². The van der Waals surface area contributed by atoms with Crippen molar-refractivity contribution >= 4 is 16.0 Å². The van der Waals surface area contributed by atoms with Gasteiger partial charge in [-0.3, -0.25) is 4.79 Å². The number of nitrogens with zero attached hydrogens (tertiary/aromatic N) is 1. The minimum atomic E-state index is -8.94. The van der Waals surface area contributed by atoms with Crippen LogP contribution in [0.1, 0.15) is 8.35 Å². The van der Waals surface area contributed by atoms with Crippen molar-refractivity contribution in [2.24, 2.45) is 0 Å². The van der Waals surface area contributed by atoms with Crippen LogP contribution in [0.3, 0.4) is 0 Å². The van der Waals surface area contributed by atoms with E-state index in [1.165, 1.54) is 0 Å². The fraction of sp³-hybridized carbons (Fsp3) is 0.917. The number of sulfonamides is 1. The van der Waals surface area contributed by atoms with E-state index in [1.54, 1.807) is 0 Å². The van der Waals surface area contributed by atoms with Crippen molar-refractivity contribution in [3.8, 4) is 0 Å². The van der Waals surface area contributed by atoms with Crippen LogP contribution >= 0.6 is 0 Å². The summed E-state index contributed by atoms with van der Waals surface area (Å²) in [6.45, 7) is -3.51. The van der Waals surface area contributed by atoms with Crippen LogP contribution in [-0.4, -0.2) is 83.9 Å². The van der Waals surface area contributed by atoms with Crippen molar-refractivity contribution in [1.82, 2.24) is 4.31 Å². The molecule has 0 aliphatic rings. The molecule has 0 aliphatic heterocycles. The van der Waals surface area contributed by atoms with Gasteiger partial charge >= 0.3 is 104 Å². The average molecular weight is 625 g/mol. The zero-order valence-electron chi connectivity index (χ0n) is 17.9. The Morgan fingerprint density at radius 3 is 1.19 bits per heavy atom. The molecule has 5 nitrogen and oxygen atoms in total. The van der Waals surface area contributed by atoms with E-state index in [0.29, 0.717) is 6.92 Å². The molecule has 0 aromatic rings. The van der Waals surface area contributed by atoms with Crippen molar-refractivity contribution < 1.29 is 146 Å². The zero-order valence-corrected chi connectivity index (χ0v) is 20.8. The summed E-state index contributed by atoms with van der Waals surface area (Å²) in [5.74, 6) is -54.7. The summed E-state index contributed by atoms with van der Waals surface area (Å²) in [6.07, 6.45) is -7.92. The van der Waals surface area contributed by atoms with Gasteiger partial charge in [0.05, 0.1) is 0 Å². The van der Waals surface area contributed by atoms with Gasteiger partial charge in [0.15, 0.2) is 0 Å². The standard InChI is InChI=1S/C12H8F17NO4S.K.H/c1-2-30(3-4(31)32)35(33,34)12(28,29)10(23,24)8(19,20)6(15,16)5(13,14)7(17,18)9(21,22)11(25,26)27;;/h2-3H2,1H3,(H,31,32);;/q;+1;-1. The van der Waals surface area contributed by atoms with Crippen LogP contribution in [-0.2, 0) is 14.8 Å². The number of hydrogen-bond acceptors (Lipinski definition) is 3. The number of halogens is 17. The first-order chi connectivity index (χ1) is 14.9. The molecule has 0 heterocycles. The van der Waals surface area contributed by atoms with Gasteiger partial charge in [0.25, 0.3) is 10.0 Å². The topological polar surface area (TPSA) is 74.7 Å². The minimum absolute atomic E-state index is 0. The number of rotatable bonds is 11. The molecule has 36 heavy (non-hydrogen) atoms. The average Bonchev–Trinajstić information content (AvgIpc) is 2.63. The van der Waals surface area contributed by atoms with Crippen LogP contribution in [0.15, 0.2) is 0 Å². The van der Waals surface area contributed by atoms with Gasteiger partial charge in [-0.15, -0.1) is 0 Å². The Morgan fingerprint density at radius 1 is 0.667 bits per heavy atom. The van der Waals surface area contributed by atoms with Gasteiger partial charge in [0, 0.05) is 6.54 Å². The van der Waals surface area contributed by atoms with Crippen LogP contribution in [0, 0.1) is 0 Å². The molecule has 0 bridgehead atoms. The Labute approximate surface area is 231 Å². The fourth-order valence-corrected chi connectivity index (χ4v) is 3.39. The number of aliphatic carboxylic acids is 1. The molecule has 0 aromatic heterocycles. The number of carboxylic acid groups (broad SMARTS) is 1. The molecule has 0 unspecified atom stereocenters. The molecule has 0 amide bonds. The largest absolute Gasteiger partial charge is 1.00 e. The molecule has 0 aromatic carbocycles. The van der Waals surface area contributed by atoms with Crippen LogP contribution in [0.25, 0.3) is 0 Å². The molecular formula is C12H9F17KNO4S. The van der Waals surface area contributed by atoms with Crippen LogP contribution in [0.4, 0.5) is 74.6 Å². The molecule has 0 spiro atoms. The molecule has 0 radical (unpaired) electrons. The third-order valence-electron chi connectivity index (χ3n) is 4.02. The Hall–Kier alpha value is -0.174. The van der Waals surface area contributed by atoms with Crippen LogP contribution in [0.2, 0.25) is 0 Å². The van der Waals surface area contributed by atoms with Crippen molar-refractivity contribution in [2.75, 3.05) is 13.1 Å². The Kier molecular flexibility index (Phi) is 11.0. The second-order valence-electron chi connectivity index (χ2n) is 6.29. The predicted molar refractivity (Wildman–Crippen MR) is 75.6 cm³/mol. The summed E-state index contributed by atoms with van der Waals surface area (Å²) >= 11 is 0. The van der Waals surface area contributed by atoms with E-state index in [2.05, 4.69) is 0 Å². The Bertz CT molecular complexity index is 924. The van der Waals surface area contributed by atoms with E-state index in [0.717, 1.165) is 0 Å². The minimum Gasteiger partial charge on any atom is -1.00 e. The summed E-state index contributed by atoms with van der Waals surface area (Å²) in [7, 11) is -7.58. The first kappa shape index (κ1) is 38.0. The number of carbonyl (C=O) groups is 1. The van der Waals surface area contributed by atoms with Gasteiger partial charge in [0.2, 0.25) is 0 Å². The van der Waals surface area contributed by atoms with E-state index < -0.39 is 80.4 Å². The van der Waals surface area contributed by atoms with E-state index in [4.69, 9.17) is 5.11 Å². The van der Waals surface area contributed by atoms with Gasteiger partial charge in [-0.2, -0.15) is 78.9 Å². The molecule has 24 heteroatoms. The third-order valence-corrected chi connectivity index (χ3v) is 5.99. The van der Waals surface area contributed by atoms with Crippen molar-refractivity contribution in [2.45, 2.75) is 53.9 Å². The SMILES string of the molecule is CCN(CC(=O)O)S(=O)(=O)C(F)(F)C(F)(F)C(F)(F)C(F)(F)C(F)(F)C(F)(F)C(F)(F)C(F)(F)F.[H-].[K+]. The van der Waals surface area contributed by atoms with Crippen molar-refractivity contribution in [3.63, 3.8) is 0 Å². The molecule has 0 saturated carbocycles. The third kappa shape index (κ3) is 5.19. The quantitative estimate of drug-likeness (QED) is 0.281. The Balaban J connectivity index is -0.00000578. The van der Waals surface area contributed by atoms with E-state index in [-0.39, 0.29) is 52.8 Å². The van der Waals surface area contributed by atoms with Crippen molar-refractivity contribution in [3.05, 3.63) is 0 Å². The molecule has 0 rings (SSSR count). The van der Waals surface area contributed by atoms with E-state index >= 15 is 0 Å². The number of hydrogen-bond donors (Lipinski definition) is 1. The maximum absolute atomic E-state index is 13.9. The van der Waals surface area contributed by atoms with Gasteiger partial charge < -0.3 is 6.53 Å². The van der Waals surface area contributed by atoms with Crippen molar-refractivity contribution in [1.29, 1.82) is 0 Å². The maximum Gasteiger partial charge on any atom is 1.00 e. The predicted octanol–water partition coefficient (Wildman–Crippen LogP) is 1.81. The number of likely N-dealkylation sites (N-methyl/N-ethyl adjacent to an activating group) is 1. The van der Waals surface area contributed by atoms with E-state index in [9.17, 15) is 87.8 Å². The number of alkyl halides is 17. The first-order valence-corrected chi connectivity index (χ1v) is 9.24. The molecular weight excluding hydrogens is 616 g/mol. The maximum atomic E-state index is 13.9. The van der Waals surface area contributed by atoms with Gasteiger partial charge in [-0.25, -0.2) is 8.42 Å². The normalized spacial score (nSPS) is 15.6. The molecule has 212 valence electrons. The summed E-state index contributed by atoms with van der Waals surface area (Å²) in [4.78, 5) is 10.4. The first-order valence-electron chi connectivity index (χ1n) is 7.80. The summed E-state index contributed by atoms with van der Waals surface area (Å²) in [6, 6.07) is 0. The van der Waals surface area contributed by atoms with E-state index in [1.807, 2.05) is 0 Å². The monoisotopic (exact) mass is 625 g/mol. The van der Waals surface area contributed by atoms with Gasteiger partial charge in [-0.1, -0.05) is 6.92 Å². The zero-order chi connectivity index (χ0) is 29.1. The fourth-order valence-electron chi connectivity index (χ4n) is 1.99. The molecule has 1 N–H and O–H groups in total. The summed E-state index contributed by atoms with van der Waals surface area (Å²) in [5.41, 5.74) is 0. The molecule has 0 aliphatic carbocycles. The summed E-state index contributed by atoms with van der Waals surface area (Å²) in [5, 5.41) is 0.555. The van der Waals surface area contributed by atoms with Gasteiger partial charge in [0.1, 0.15) is 6.54 Å².